The molecule has 0 saturated carbocycles. The Bertz CT molecular complexity index is 657. The summed E-state index contributed by atoms with van der Waals surface area (Å²) < 4.78 is 13.7. The van der Waals surface area contributed by atoms with Crippen LogP contribution in [0.5, 0.6) is 0 Å². The van der Waals surface area contributed by atoms with E-state index in [2.05, 4.69) is 4.98 Å². The Labute approximate surface area is 112 Å². The van der Waals surface area contributed by atoms with Gasteiger partial charge >= 0.3 is 0 Å². The fourth-order valence-corrected chi connectivity index (χ4v) is 2.26. The van der Waals surface area contributed by atoms with E-state index in [1.54, 1.807) is 6.26 Å². The molecular formula is C12H10ClFN2OS. The van der Waals surface area contributed by atoms with Gasteiger partial charge in [-0.05, 0) is 30.5 Å². The summed E-state index contributed by atoms with van der Waals surface area (Å²) in [7, 11) is 0. The van der Waals surface area contributed by atoms with E-state index in [1.807, 2.05) is 0 Å². The molecule has 0 unspecified atom stereocenters. The number of aromatic nitrogens is 1. The van der Waals surface area contributed by atoms with Gasteiger partial charge in [-0.3, -0.25) is 4.79 Å². The molecule has 0 atom stereocenters. The van der Waals surface area contributed by atoms with E-state index in [9.17, 15) is 9.18 Å². The van der Waals surface area contributed by atoms with Crippen molar-refractivity contribution in [2.24, 2.45) is 0 Å². The van der Waals surface area contributed by atoms with Crippen LogP contribution in [-0.2, 0) is 0 Å². The normalized spacial score (nSPS) is 10.6. The number of H-pyrrole nitrogens is 1. The molecule has 0 aliphatic rings. The van der Waals surface area contributed by atoms with Crippen molar-refractivity contribution in [3.63, 3.8) is 0 Å². The van der Waals surface area contributed by atoms with Gasteiger partial charge in [-0.15, -0.1) is 11.8 Å². The number of nitrogens with one attached hydrogen (secondary N) is 1. The number of nitrogens with two attached hydrogens (primary N) is 1. The number of rotatable bonds is 2. The third kappa shape index (κ3) is 2.37. The van der Waals surface area contributed by atoms with E-state index >= 15 is 0 Å². The van der Waals surface area contributed by atoms with Crippen molar-refractivity contribution in [3.8, 4) is 11.1 Å². The second-order valence-electron chi connectivity index (χ2n) is 3.62. The number of hydrogen-bond donors (Lipinski definition) is 2. The molecule has 1 aromatic heterocycles. The molecule has 94 valence electrons. The third-order valence-corrected chi connectivity index (χ3v) is 3.44. The fraction of sp³-hybridized carbons (Fsp3) is 0.0833. The van der Waals surface area contributed by atoms with Gasteiger partial charge in [0, 0.05) is 10.6 Å². The summed E-state index contributed by atoms with van der Waals surface area (Å²) in [6, 6.07) is 5.50. The molecular weight excluding hydrogens is 275 g/mol. The van der Waals surface area contributed by atoms with Crippen LogP contribution in [0.3, 0.4) is 0 Å². The number of nitrogen functional groups attached to an aromatic ring is 1. The molecule has 3 N–H and O–H groups in total. The summed E-state index contributed by atoms with van der Waals surface area (Å²) in [5.41, 5.74) is 6.10. The summed E-state index contributed by atoms with van der Waals surface area (Å²) in [5.74, 6) is -0.513. The minimum Gasteiger partial charge on any atom is -0.397 e. The highest BCUT2D eigenvalue weighted by Crippen LogP contribution is 2.27. The quantitative estimate of drug-likeness (QED) is 0.833. The summed E-state index contributed by atoms with van der Waals surface area (Å²) in [5, 5.41) is 0.921. The first kappa shape index (κ1) is 13.0. The van der Waals surface area contributed by atoms with Gasteiger partial charge in [-0.2, -0.15) is 0 Å². The summed E-state index contributed by atoms with van der Waals surface area (Å²) in [6.07, 6.45) is 1.79. The van der Waals surface area contributed by atoms with E-state index in [0.717, 1.165) is 0 Å². The molecule has 1 heterocycles. The van der Waals surface area contributed by atoms with Gasteiger partial charge in [-0.25, -0.2) is 4.39 Å². The van der Waals surface area contributed by atoms with Gasteiger partial charge in [0.2, 0.25) is 0 Å². The topological polar surface area (TPSA) is 58.9 Å². The monoisotopic (exact) mass is 284 g/mol. The van der Waals surface area contributed by atoms with Crippen molar-refractivity contribution >= 4 is 29.1 Å². The van der Waals surface area contributed by atoms with E-state index in [1.165, 1.54) is 36.0 Å². The van der Waals surface area contributed by atoms with Crippen molar-refractivity contribution in [1.29, 1.82) is 0 Å². The number of aromatic amines is 1. The van der Waals surface area contributed by atoms with Gasteiger partial charge in [0.1, 0.15) is 5.82 Å². The first-order chi connectivity index (χ1) is 8.52. The van der Waals surface area contributed by atoms with Crippen molar-refractivity contribution in [2.75, 3.05) is 12.0 Å². The molecule has 3 nitrogen and oxygen atoms in total. The number of benzene rings is 1. The Balaban J connectivity index is 2.68. The molecule has 0 aliphatic heterocycles. The first-order valence-corrected chi connectivity index (χ1v) is 6.65. The van der Waals surface area contributed by atoms with Gasteiger partial charge in [0.25, 0.3) is 5.56 Å². The molecule has 0 fully saturated rings. The lowest BCUT2D eigenvalue weighted by Gasteiger charge is -2.07. The number of halogens is 2. The van der Waals surface area contributed by atoms with Crippen LogP contribution in [-0.4, -0.2) is 11.2 Å². The minimum absolute atomic E-state index is 0.142. The van der Waals surface area contributed by atoms with Crippen molar-refractivity contribution < 1.29 is 4.39 Å². The average molecular weight is 285 g/mol. The number of anilines is 1. The molecule has 0 saturated heterocycles. The molecule has 2 aromatic rings. The molecule has 1 aromatic carbocycles. The standard InChI is InChI=1S/C12H10ClFN2OS/c1-18-12-10(15)5-8(11(17)16-12)7-4-6(13)2-3-9(7)14/h2-5H,15H2,1H3,(H,16,17). The molecule has 0 amide bonds. The second-order valence-corrected chi connectivity index (χ2v) is 4.88. The zero-order valence-corrected chi connectivity index (χ0v) is 11.0. The van der Waals surface area contributed by atoms with Crippen molar-refractivity contribution in [2.45, 2.75) is 5.03 Å². The summed E-state index contributed by atoms with van der Waals surface area (Å²) >= 11 is 7.12. The van der Waals surface area contributed by atoms with E-state index in [4.69, 9.17) is 17.3 Å². The Kier molecular flexibility index (Phi) is 3.63. The summed E-state index contributed by atoms with van der Waals surface area (Å²) in [6.45, 7) is 0. The van der Waals surface area contributed by atoms with Crippen LogP contribution < -0.4 is 11.3 Å². The maximum atomic E-state index is 13.7. The lowest BCUT2D eigenvalue weighted by molar-refractivity contribution is 0.631. The van der Waals surface area contributed by atoms with Crippen molar-refractivity contribution in [1.82, 2.24) is 4.98 Å². The van der Waals surface area contributed by atoms with E-state index in [0.29, 0.717) is 15.7 Å². The first-order valence-electron chi connectivity index (χ1n) is 5.05. The molecule has 6 heteroatoms. The Morgan fingerprint density at radius 2 is 2.06 bits per heavy atom. The zero-order chi connectivity index (χ0) is 13.3. The van der Waals surface area contributed by atoms with E-state index in [-0.39, 0.29) is 11.1 Å². The van der Waals surface area contributed by atoms with Gasteiger partial charge in [0.15, 0.2) is 0 Å². The van der Waals surface area contributed by atoms with Gasteiger partial charge in [-0.1, -0.05) is 11.6 Å². The maximum Gasteiger partial charge on any atom is 0.256 e. The SMILES string of the molecule is CSc1[nH]c(=O)c(-c2cc(Cl)ccc2F)cc1N. The van der Waals surface area contributed by atoms with E-state index < -0.39 is 11.4 Å². The predicted molar refractivity (Wildman–Crippen MR) is 73.7 cm³/mol. The molecule has 0 radical (unpaired) electrons. The van der Waals surface area contributed by atoms with Crippen molar-refractivity contribution in [3.05, 3.63) is 45.5 Å². The smallest absolute Gasteiger partial charge is 0.256 e. The highest BCUT2D eigenvalue weighted by atomic mass is 35.5. The highest BCUT2D eigenvalue weighted by Gasteiger charge is 2.12. The highest BCUT2D eigenvalue weighted by molar-refractivity contribution is 7.98. The molecule has 18 heavy (non-hydrogen) atoms. The number of hydrogen-bond acceptors (Lipinski definition) is 3. The largest absolute Gasteiger partial charge is 0.397 e. The number of thioether (sulfide) groups is 1. The van der Waals surface area contributed by atoms with Gasteiger partial charge < -0.3 is 10.7 Å². The van der Waals surface area contributed by atoms with Crippen LogP contribution in [0, 0.1) is 5.82 Å². The van der Waals surface area contributed by atoms with Crippen LogP contribution in [0.25, 0.3) is 11.1 Å². The van der Waals surface area contributed by atoms with Gasteiger partial charge in [0.05, 0.1) is 16.3 Å². The lowest BCUT2D eigenvalue weighted by atomic mass is 10.1. The van der Waals surface area contributed by atoms with Crippen LogP contribution >= 0.6 is 23.4 Å². The maximum absolute atomic E-state index is 13.7. The Morgan fingerprint density at radius 1 is 1.33 bits per heavy atom. The number of pyridine rings is 1. The zero-order valence-electron chi connectivity index (χ0n) is 9.46. The molecule has 0 aliphatic carbocycles. The van der Waals surface area contributed by atoms with Crippen LogP contribution in [0.15, 0.2) is 34.1 Å². The Morgan fingerprint density at radius 3 is 2.72 bits per heavy atom. The van der Waals surface area contributed by atoms with Crippen LogP contribution in [0.1, 0.15) is 0 Å². The third-order valence-electron chi connectivity index (χ3n) is 2.46. The Hall–Kier alpha value is -1.46. The molecule has 2 rings (SSSR count). The van der Waals surface area contributed by atoms with Crippen LogP contribution in [0.2, 0.25) is 5.02 Å². The molecule has 0 bridgehead atoms. The fourth-order valence-electron chi connectivity index (χ4n) is 1.60. The average Bonchev–Trinajstić information content (AvgIpc) is 2.35. The predicted octanol–water partition coefficient (Wildman–Crippen LogP) is 3.14. The second kappa shape index (κ2) is 5.04. The minimum atomic E-state index is -0.513. The van der Waals surface area contributed by atoms with Crippen LogP contribution in [0.4, 0.5) is 10.1 Å². The summed E-state index contributed by atoms with van der Waals surface area (Å²) in [4.78, 5) is 14.5. The molecule has 0 spiro atoms. The lowest BCUT2D eigenvalue weighted by Crippen LogP contribution is -2.12.